The number of hydrogen-bond acceptors (Lipinski definition) is 1. The van der Waals surface area contributed by atoms with Crippen LogP contribution >= 0.6 is 0 Å². The Hall–Kier alpha value is -1.38. The fraction of sp³-hybridized carbons (Fsp3) is 0.462. The van der Waals surface area contributed by atoms with Gasteiger partial charge >= 0.3 is 5.97 Å². The van der Waals surface area contributed by atoms with Crippen LogP contribution in [0.2, 0.25) is 0 Å². The molecule has 1 aromatic carbocycles. The van der Waals surface area contributed by atoms with Crippen LogP contribution in [0.5, 0.6) is 0 Å². The van der Waals surface area contributed by atoms with Crippen LogP contribution in [0.15, 0.2) is 18.2 Å². The topological polar surface area (TPSA) is 37.3 Å². The first-order chi connectivity index (χ1) is 7.44. The number of aliphatic carboxylic acids is 1. The number of carbonyl (C=O) groups is 1. The molecule has 0 aromatic heterocycles. The Bertz CT molecular complexity index is 438. The zero-order chi connectivity index (χ0) is 11.9. The van der Waals surface area contributed by atoms with Gasteiger partial charge in [0.1, 0.15) is 5.82 Å². The van der Waals surface area contributed by atoms with Crippen molar-refractivity contribution in [3.05, 3.63) is 35.1 Å². The molecular formula is C13H15FO2. The molecule has 1 aliphatic carbocycles. The molecule has 1 aliphatic rings. The number of benzene rings is 1. The third kappa shape index (κ3) is 1.51. The zero-order valence-electron chi connectivity index (χ0n) is 9.46. The van der Waals surface area contributed by atoms with Gasteiger partial charge in [0.15, 0.2) is 0 Å². The number of fused-ring (bicyclic) bond motifs is 1. The van der Waals surface area contributed by atoms with E-state index < -0.39 is 11.4 Å². The molecule has 0 bridgehead atoms. The summed E-state index contributed by atoms with van der Waals surface area (Å²) in [5.74, 6) is -1.12. The van der Waals surface area contributed by atoms with Gasteiger partial charge in [-0.3, -0.25) is 4.79 Å². The highest BCUT2D eigenvalue weighted by atomic mass is 19.1. The lowest BCUT2D eigenvalue weighted by molar-refractivity contribution is -0.148. The maximum atomic E-state index is 13.5. The molecule has 86 valence electrons. The van der Waals surface area contributed by atoms with Crippen molar-refractivity contribution in [2.75, 3.05) is 0 Å². The van der Waals surface area contributed by atoms with Crippen molar-refractivity contribution in [3.8, 4) is 0 Å². The third-order valence-corrected chi connectivity index (χ3v) is 3.64. The molecule has 0 aliphatic heterocycles. The van der Waals surface area contributed by atoms with Gasteiger partial charge in [0.2, 0.25) is 0 Å². The van der Waals surface area contributed by atoms with Crippen LogP contribution in [-0.4, -0.2) is 11.1 Å². The second-order valence-electron chi connectivity index (χ2n) is 4.93. The Morgan fingerprint density at radius 2 is 2.19 bits per heavy atom. The Morgan fingerprint density at radius 1 is 1.50 bits per heavy atom. The number of carboxylic acid groups (broad SMARTS) is 1. The summed E-state index contributed by atoms with van der Waals surface area (Å²) in [5.41, 5.74) is 0.730. The summed E-state index contributed by atoms with van der Waals surface area (Å²) in [6, 6.07) is 4.94. The van der Waals surface area contributed by atoms with Crippen molar-refractivity contribution in [2.45, 2.75) is 32.6 Å². The Balaban J connectivity index is 2.45. The predicted octanol–water partition coefficient (Wildman–Crippen LogP) is 2.97. The van der Waals surface area contributed by atoms with E-state index in [9.17, 15) is 14.3 Å². The summed E-state index contributed by atoms with van der Waals surface area (Å²) in [6.07, 6.45) is 1.36. The summed E-state index contributed by atoms with van der Waals surface area (Å²) in [4.78, 5) is 11.2. The molecule has 0 saturated carbocycles. The van der Waals surface area contributed by atoms with Crippen LogP contribution in [0, 0.1) is 11.2 Å². The minimum Gasteiger partial charge on any atom is -0.481 e. The van der Waals surface area contributed by atoms with Gasteiger partial charge in [0.05, 0.1) is 5.41 Å². The molecular weight excluding hydrogens is 207 g/mol. The number of halogens is 1. The summed E-state index contributed by atoms with van der Waals surface area (Å²) >= 11 is 0. The first kappa shape index (κ1) is 11.1. The van der Waals surface area contributed by atoms with E-state index in [1.54, 1.807) is 19.9 Å². The van der Waals surface area contributed by atoms with Gasteiger partial charge in [0.25, 0.3) is 0 Å². The lowest BCUT2D eigenvalue weighted by Gasteiger charge is -2.27. The zero-order valence-corrected chi connectivity index (χ0v) is 9.46. The molecule has 0 spiro atoms. The highest BCUT2D eigenvalue weighted by Gasteiger charge is 2.41. The van der Waals surface area contributed by atoms with Crippen LogP contribution < -0.4 is 0 Å². The van der Waals surface area contributed by atoms with Gasteiger partial charge in [-0.25, -0.2) is 4.39 Å². The summed E-state index contributed by atoms with van der Waals surface area (Å²) < 4.78 is 13.5. The molecule has 1 atom stereocenters. The Morgan fingerprint density at radius 3 is 2.81 bits per heavy atom. The highest BCUT2D eigenvalue weighted by molar-refractivity contribution is 5.75. The maximum Gasteiger partial charge on any atom is 0.309 e. The van der Waals surface area contributed by atoms with Crippen molar-refractivity contribution in [2.24, 2.45) is 5.41 Å². The van der Waals surface area contributed by atoms with Crippen molar-refractivity contribution in [1.82, 2.24) is 0 Å². The molecule has 0 amide bonds. The van der Waals surface area contributed by atoms with Gasteiger partial charge in [0, 0.05) is 5.92 Å². The highest BCUT2D eigenvalue weighted by Crippen LogP contribution is 2.45. The first-order valence-corrected chi connectivity index (χ1v) is 5.45. The van der Waals surface area contributed by atoms with Gasteiger partial charge in [-0.05, 0) is 43.9 Å². The number of carboxylic acids is 1. The van der Waals surface area contributed by atoms with E-state index in [4.69, 9.17) is 0 Å². The van der Waals surface area contributed by atoms with Crippen LogP contribution in [0.3, 0.4) is 0 Å². The second kappa shape index (κ2) is 3.58. The second-order valence-corrected chi connectivity index (χ2v) is 4.93. The van der Waals surface area contributed by atoms with E-state index in [-0.39, 0.29) is 11.7 Å². The lowest BCUT2D eigenvalue weighted by Crippen LogP contribution is -2.30. The largest absolute Gasteiger partial charge is 0.481 e. The fourth-order valence-electron chi connectivity index (χ4n) is 2.51. The lowest BCUT2D eigenvalue weighted by atomic mass is 9.76. The average molecular weight is 222 g/mol. The normalized spacial score (nSPS) is 19.6. The molecule has 3 heteroatoms. The van der Waals surface area contributed by atoms with E-state index in [0.717, 1.165) is 12.0 Å². The van der Waals surface area contributed by atoms with E-state index >= 15 is 0 Å². The summed E-state index contributed by atoms with van der Waals surface area (Å²) in [7, 11) is 0. The molecule has 1 unspecified atom stereocenters. The summed E-state index contributed by atoms with van der Waals surface area (Å²) in [5, 5.41) is 9.20. The quantitative estimate of drug-likeness (QED) is 0.835. The van der Waals surface area contributed by atoms with E-state index in [1.165, 1.54) is 6.07 Å². The maximum absolute atomic E-state index is 13.5. The van der Waals surface area contributed by atoms with Gasteiger partial charge in [-0.2, -0.15) is 0 Å². The van der Waals surface area contributed by atoms with Crippen molar-refractivity contribution in [1.29, 1.82) is 0 Å². The number of hydrogen-bond donors (Lipinski definition) is 1. The predicted molar refractivity (Wildman–Crippen MR) is 58.9 cm³/mol. The molecule has 2 rings (SSSR count). The Labute approximate surface area is 94.1 Å². The van der Waals surface area contributed by atoms with E-state index in [2.05, 4.69) is 0 Å². The van der Waals surface area contributed by atoms with Gasteiger partial charge in [-0.15, -0.1) is 0 Å². The molecule has 0 radical (unpaired) electrons. The minimum atomic E-state index is -0.834. The molecule has 0 fully saturated rings. The molecule has 1 aromatic rings. The van der Waals surface area contributed by atoms with Crippen molar-refractivity contribution >= 4 is 5.97 Å². The standard InChI is InChI=1S/C13H15FO2/c1-13(2,12(15)16)10-7-6-9-8(10)4-3-5-11(9)14/h3-5,10H,6-7H2,1-2H3,(H,15,16). The molecule has 1 N–H and O–H groups in total. The van der Waals surface area contributed by atoms with E-state index in [1.807, 2.05) is 6.07 Å². The Kier molecular flexibility index (Phi) is 2.49. The van der Waals surface area contributed by atoms with Crippen LogP contribution in [0.4, 0.5) is 4.39 Å². The molecule has 16 heavy (non-hydrogen) atoms. The van der Waals surface area contributed by atoms with Crippen LogP contribution in [0.1, 0.15) is 37.3 Å². The smallest absolute Gasteiger partial charge is 0.309 e. The fourth-order valence-corrected chi connectivity index (χ4v) is 2.51. The summed E-state index contributed by atoms with van der Waals surface area (Å²) in [6.45, 7) is 3.42. The monoisotopic (exact) mass is 222 g/mol. The molecule has 0 saturated heterocycles. The molecule has 2 nitrogen and oxygen atoms in total. The minimum absolute atomic E-state index is 0.0873. The van der Waals surface area contributed by atoms with Crippen molar-refractivity contribution in [3.63, 3.8) is 0 Å². The first-order valence-electron chi connectivity index (χ1n) is 5.45. The van der Waals surface area contributed by atoms with Crippen LogP contribution in [0.25, 0.3) is 0 Å². The van der Waals surface area contributed by atoms with Crippen LogP contribution in [-0.2, 0) is 11.2 Å². The third-order valence-electron chi connectivity index (χ3n) is 3.64. The SMILES string of the molecule is CC(C)(C(=O)O)C1CCc2c(F)cccc21. The van der Waals surface area contributed by atoms with Gasteiger partial charge in [-0.1, -0.05) is 12.1 Å². The number of rotatable bonds is 2. The van der Waals surface area contributed by atoms with Crippen molar-refractivity contribution < 1.29 is 14.3 Å². The average Bonchev–Trinajstić information content (AvgIpc) is 2.63. The van der Waals surface area contributed by atoms with Gasteiger partial charge < -0.3 is 5.11 Å². The molecule has 0 heterocycles. The van der Waals surface area contributed by atoms with E-state index in [0.29, 0.717) is 12.0 Å².